The van der Waals surface area contributed by atoms with Gasteiger partial charge >= 0.3 is 6.01 Å². The molecule has 5 heteroatoms. The maximum atomic E-state index is 5.59. The number of anilines is 1. The van der Waals surface area contributed by atoms with E-state index in [2.05, 4.69) is 34.7 Å². The summed E-state index contributed by atoms with van der Waals surface area (Å²) in [6, 6.07) is 0.658. The summed E-state index contributed by atoms with van der Waals surface area (Å²) in [7, 11) is 0. The first-order chi connectivity index (χ1) is 9.77. The number of hydrogen-bond donors (Lipinski definition) is 2. The van der Waals surface area contributed by atoms with Gasteiger partial charge in [-0.3, -0.25) is 0 Å². The summed E-state index contributed by atoms with van der Waals surface area (Å²) >= 11 is 0. The molecule has 1 heterocycles. The number of unbranched alkanes of at least 4 members (excludes halogenated alkanes) is 5. The highest BCUT2D eigenvalue weighted by Gasteiger charge is 2.12. The zero-order chi connectivity index (χ0) is 14.6. The van der Waals surface area contributed by atoms with Gasteiger partial charge in [0.2, 0.25) is 5.89 Å². The first-order valence-corrected chi connectivity index (χ1v) is 8.08. The van der Waals surface area contributed by atoms with Gasteiger partial charge in [-0.05, 0) is 26.3 Å². The first-order valence-electron chi connectivity index (χ1n) is 8.08. The SMILES string of the molecule is CCCCCCCCNc1nnc(C(C)NCCC)o1. The second-order valence-electron chi connectivity index (χ2n) is 5.32. The van der Waals surface area contributed by atoms with E-state index in [4.69, 9.17) is 4.42 Å². The number of nitrogens with one attached hydrogen (secondary N) is 2. The van der Waals surface area contributed by atoms with Gasteiger partial charge < -0.3 is 15.1 Å². The summed E-state index contributed by atoms with van der Waals surface area (Å²) in [6.45, 7) is 8.29. The van der Waals surface area contributed by atoms with Crippen molar-refractivity contribution in [1.29, 1.82) is 0 Å². The maximum Gasteiger partial charge on any atom is 0.315 e. The summed E-state index contributed by atoms with van der Waals surface area (Å²) in [6.07, 6.45) is 8.84. The molecule has 116 valence electrons. The van der Waals surface area contributed by atoms with Crippen molar-refractivity contribution in [3.8, 4) is 0 Å². The van der Waals surface area contributed by atoms with Gasteiger partial charge in [-0.1, -0.05) is 51.1 Å². The largest absolute Gasteiger partial charge is 0.406 e. The molecule has 0 amide bonds. The third kappa shape index (κ3) is 6.89. The van der Waals surface area contributed by atoms with Crippen molar-refractivity contribution in [2.24, 2.45) is 0 Å². The molecular weight excluding hydrogens is 252 g/mol. The molecule has 1 aromatic heterocycles. The van der Waals surface area contributed by atoms with E-state index in [9.17, 15) is 0 Å². The molecule has 0 aromatic carbocycles. The molecule has 0 bridgehead atoms. The lowest BCUT2D eigenvalue weighted by Crippen LogP contribution is -2.19. The molecule has 1 atom stereocenters. The van der Waals surface area contributed by atoms with Gasteiger partial charge in [-0.15, -0.1) is 5.10 Å². The third-order valence-corrected chi connectivity index (χ3v) is 3.32. The third-order valence-electron chi connectivity index (χ3n) is 3.32. The predicted octanol–water partition coefficient (Wildman–Crippen LogP) is 3.90. The Hall–Kier alpha value is -1.10. The Balaban J connectivity index is 2.13. The van der Waals surface area contributed by atoms with E-state index in [-0.39, 0.29) is 6.04 Å². The molecule has 1 unspecified atom stereocenters. The van der Waals surface area contributed by atoms with Crippen LogP contribution >= 0.6 is 0 Å². The fraction of sp³-hybridized carbons (Fsp3) is 0.867. The number of hydrogen-bond acceptors (Lipinski definition) is 5. The molecule has 0 saturated carbocycles. The standard InChI is InChI=1S/C15H30N4O/c1-4-6-7-8-9-10-12-17-15-19-18-14(20-15)13(3)16-11-5-2/h13,16H,4-12H2,1-3H3,(H,17,19). The van der Waals surface area contributed by atoms with Crippen molar-refractivity contribution in [2.45, 2.75) is 71.8 Å². The lowest BCUT2D eigenvalue weighted by Gasteiger charge is -2.07. The maximum absolute atomic E-state index is 5.59. The summed E-state index contributed by atoms with van der Waals surface area (Å²) in [5, 5.41) is 14.6. The molecule has 5 nitrogen and oxygen atoms in total. The topological polar surface area (TPSA) is 63.0 Å². The van der Waals surface area contributed by atoms with Crippen molar-refractivity contribution in [1.82, 2.24) is 15.5 Å². The van der Waals surface area contributed by atoms with Crippen molar-refractivity contribution in [2.75, 3.05) is 18.4 Å². The van der Waals surface area contributed by atoms with E-state index in [1.165, 1.54) is 32.1 Å². The minimum absolute atomic E-state index is 0.118. The Morgan fingerprint density at radius 2 is 1.70 bits per heavy atom. The molecule has 0 fully saturated rings. The Morgan fingerprint density at radius 1 is 0.950 bits per heavy atom. The Morgan fingerprint density at radius 3 is 2.45 bits per heavy atom. The highest BCUT2D eigenvalue weighted by Crippen LogP contribution is 2.13. The van der Waals surface area contributed by atoms with Crippen molar-refractivity contribution in [3.63, 3.8) is 0 Å². The van der Waals surface area contributed by atoms with Gasteiger partial charge in [-0.25, -0.2) is 0 Å². The quantitative estimate of drug-likeness (QED) is 0.569. The summed E-state index contributed by atoms with van der Waals surface area (Å²) < 4.78 is 5.59. The molecule has 0 aliphatic rings. The van der Waals surface area contributed by atoms with Gasteiger partial charge in [0, 0.05) is 6.54 Å². The fourth-order valence-corrected chi connectivity index (χ4v) is 2.03. The van der Waals surface area contributed by atoms with Crippen molar-refractivity contribution >= 4 is 6.01 Å². The van der Waals surface area contributed by atoms with Crippen molar-refractivity contribution in [3.05, 3.63) is 5.89 Å². The monoisotopic (exact) mass is 282 g/mol. The Labute approximate surface area is 122 Å². The summed E-state index contributed by atoms with van der Waals surface area (Å²) in [5.74, 6) is 0.656. The Kier molecular flexibility index (Phi) is 9.04. The molecule has 1 aromatic rings. The first kappa shape index (κ1) is 17.0. The molecule has 1 rings (SSSR count). The van der Waals surface area contributed by atoms with Crippen LogP contribution < -0.4 is 10.6 Å². The molecular formula is C15H30N4O. The highest BCUT2D eigenvalue weighted by atomic mass is 16.4. The molecule has 0 radical (unpaired) electrons. The van der Waals surface area contributed by atoms with E-state index in [1.807, 2.05) is 6.92 Å². The van der Waals surface area contributed by atoms with Crippen LogP contribution in [0.5, 0.6) is 0 Å². The molecule has 0 saturated heterocycles. The van der Waals surface area contributed by atoms with Crippen LogP contribution in [0.3, 0.4) is 0 Å². The summed E-state index contributed by atoms with van der Waals surface area (Å²) in [4.78, 5) is 0. The predicted molar refractivity (Wildman–Crippen MR) is 82.9 cm³/mol. The van der Waals surface area contributed by atoms with Crippen LogP contribution in [0.15, 0.2) is 4.42 Å². The molecule has 0 spiro atoms. The van der Waals surface area contributed by atoms with Crippen LogP contribution in [-0.2, 0) is 0 Å². The minimum atomic E-state index is 0.118. The molecule has 2 N–H and O–H groups in total. The van der Waals surface area contributed by atoms with Gasteiger partial charge in [-0.2, -0.15) is 0 Å². The smallest absolute Gasteiger partial charge is 0.315 e. The minimum Gasteiger partial charge on any atom is -0.406 e. The lowest BCUT2D eigenvalue weighted by molar-refractivity contribution is 0.422. The van der Waals surface area contributed by atoms with E-state index in [1.54, 1.807) is 0 Å². The fourth-order valence-electron chi connectivity index (χ4n) is 2.03. The number of rotatable bonds is 12. The van der Waals surface area contributed by atoms with Crippen LogP contribution in [0, 0.1) is 0 Å². The van der Waals surface area contributed by atoms with Crippen molar-refractivity contribution < 1.29 is 4.42 Å². The highest BCUT2D eigenvalue weighted by molar-refractivity contribution is 5.16. The van der Waals surface area contributed by atoms with Crippen LogP contribution in [0.4, 0.5) is 6.01 Å². The zero-order valence-corrected chi connectivity index (χ0v) is 13.2. The Bertz CT molecular complexity index is 340. The van der Waals surface area contributed by atoms with Gasteiger partial charge in [0.05, 0.1) is 6.04 Å². The van der Waals surface area contributed by atoms with Crippen LogP contribution in [-0.4, -0.2) is 23.3 Å². The van der Waals surface area contributed by atoms with E-state index >= 15 is 0 Å². The van der Waals surface area contributed by atoms with Crippen LogP contribution in [0.1, 0.15) is 77.6 Å². The van der Waals surface area contributed by atoms with Gasteiger partial charge in [0.1, 0.15) is 0 Å². The second-order valence-corrected chi connectivity index (χ2v) is 5.32. The van der Waals surface area contributed by atoms with Gasteiger partial charge in [0.15, 0.2) is 0 Å². The second kappa shape index (κ2) is 10.7. The zero-order valence-electron chi connectivity index (χ0n) is 13.2. The number of nitrogens with zero attached hydrogens (tertiary/aromatic N) is 2. The summed E-state index contributed by atoms with van der Waals surface area (Å²) in [5.41, 5.74) is 0. The molecule has 0 aliphatic heterocycles. The molecule has 0 aliphatic carbocycles. The van der Waals surface area contributed by atoms with Crippen LogP contribution in [0.25, 0.3) is 0 Å². The normalized spacial score (nSPS) is 12.6. The average Bonchev–Trinajstić information content (AvgIpc) is 2.92. The van der Waals surface area contributed by atoms with E-state index in [0.29, 0.717) is 11.9 Å². The number of aromatic nitrogens is 2. The molecule has 20 heavy (non-hydrogen) atoms. The average molecular weight is 282 g/mol. The van der Waals surface area contributed by atoms with E-state index in [0.717, 1.165) is 25.9 Å². The van der Waals surface area contributed by atoms with E-state index < -0.39 is 0 Å². The van der Waals surface area contributed by atoms with Gasteiger partial charge in [0.25, 0.3) is 0 Å². The lowest BCUT2D eigenvalue weighted by atomic mass is 10.1. The van der Waals surface area contributed by atoms with Crippen LogP contribution in [0.2, 0.25) is 0 Å².